The van der Waals surface area contributed by atoms with Gasteiger partial charge in [0.2, 0.25) is 5.78 Å². The zero-order chi connectivity index (χ0) is 14.8. The van der Waals surface area contributed by atoms with E-state index < -0.39 is 6.04 Å². The second-order valence-corrected chi connectivity index (χ2v) is 4.75. The van der Waals surface area contributed by atoms with Gasteiger partial charge in [0.25, 0.3) is 0 Å². The van der Waals surface area contributed by atoms with Gasteiger partial charge in [0.1, 0.15) is 5.69 Å². The number of nitrogens with two attached hydrogens (primary N) is 1. The van der Waals surface area contributed by atoms with Crippen LogP contribution in [0.2, 0.25) is 0 Å². The van der Waals surface area contributed by atoms with Gasteiger partial charge in [-0.15, -0.1) is 0 Å². The fraction of sp³-hybridized carbons (Fsp3) is 0.133. The summed E-state index contributed by atoms with van der Waals surface area (Å²) < 4.78 is 3.22. The maximum Gasteiger partial charge on any atom is 0.202 e. The van der Waals surface area contributed by atoms with E-state index in [9.17, 15) is 4.79 Å². The number of benzene rings is 1. The van der Waals surface area contributed by atoms with Gasteiger partial charge in [-0.3, -0.25) is 9.48 Å². The summed E-state index contributed by atoms with van der Waals surface area (Å²) >= 11 is 0. The molecule has 0 bridgehead atoms. The molecule has 0 aliphatic rings. The van der Waals surface area contributed by atoms with Gasteiger partial charge in [-0.25, -0.2) is 4.68 Å². The SMILES string of the molecule is Cn1cc(C(N)C(=O)c2ccnn2-c2ccccc2)cn1. The molecule has 2 aromatic heterocycles. The Morgan fingerprint density at radius 3 is 2.62 bits per heavy atom. The molecular weight excluding hydrogens is 266 g/mol. The number of aromatic nitrogens is 4. The average molecular weight is 281 g/mol. The van der Waals surface area contributed by atoms with Gasteiger partial charge < -0.3 is 5.73 Å². The lowest BCUT2D eigenvalue weighted by molar-refractivity contribution is 0.0953. The predicted molar refractivity (Wildman–Crippen MR) is 78.0 cm³/mol. The number of carbonyl (C=O) groups excluding carboxylic acids is 1. The maximum atomic E-state index is 12.6. The third kappa shape index (κ3) is 2.48. The lowest BCUT2D eigenvalue weighted by Crippen LogP contribution is -2.23. The Hall–Kier alpha value is -2.73. The first-order valence-electron chi connectivity index (χ1n) is 6.54. The van der Waals surface area contributed by atoms with E-state index in [0.29, 0.717) is 11.3 Å². The van der Waals surface area contributed by atoms with Crippen LogP contribution >= 0.6 is 0 Å². The Balaban J connectivity index is 1.95. The normalized spacial score (nSPS) is 12.3. The molecule has 0 amide bonds. The first-order valence-corrected chi connectivity index (χ1v) is 6.54. The van der Waals surface area contributed by atoms with Crippen LogP contribution in [0.1, 0.15) is 22.1 Å². The van der Waals surface area contributed by atoms with Crippen LogP contribution in [0.4, 0.5) is 0 Å². The fourth-order valence-corrected chi connectivity index (χ4v) is 2.18. The second-order valence-electron chi connectivity index (χ2n) is 4.75. The van der Waals surface area contributed by atoms with Crippen molar-refractivity contribution in [2.45, 2.75) is 6.04 Å². The molecule has 6 heteroatoms. The third-order valence-corrected chi connectivity index (χ3v) is 3.26. The fourth-order valence-electron chi connectivity index (χ4n) is 2.18. The largest absolute Gasteiger partial charge is 0.317 e. The molecule has 3 rings (SSSR count). The molecule has 0 radical (unpaired) electrons. The Labute approximate surface area is 121 Å². The molecule has 0 saturated heterocycles. The van der Waals surface area contributed by atoms with E-state index in [4.69, 9.17) is 5.73 Å². The lowest BCUT2D eigenvalue weighted by Gasteiger charge is -2.10. The number of rotatable bonds is 4. The van der Waals surface area contributed by atoms with Crippen molar-refractivity contribution in [2.75, 3.05) is 0 Å². The van der Waals surface area contributed by atoms with Crippen molar-refractivity contribution >= 4 is 5.78 Å². The van der Waals surface area contributed by atoms with E-state index in [1.165, 1.54) is 0 Å². The summed E-state index contributed by atoms with van der Waals surface area (Å²) in [6.45, 7) is 0. The molecule has 1 aromatic carbocycles. The van der Waals surface area contributed by atoms with Crippen LogP contribution in [0, 0.1) is 0 Å². The minimum atomic E-state index is -0.752. The summed E-state index contributed by atoms with van der Waals surface area (Å²) in [6, 6.07) is 10.4. The van der Waals surface area contributed by atoms with E-state index >= 15 is 0 Å². The summed E-state index contributed by atoms with van der Waals surface area (Å²) in [5.41, 5.74) is 8.01. The molecule has 0 aliphatic heterocycles. The average Bonchev–Trinajstić information content (AvgIpc) is 3.15. The quantitative estimate of drug-likeness (QED) is 0.735. The summed E-state index contributed by atoms with van der Waals surface area (Å²) in [5.74, 6) is -0.190. The first kappa shape index (κ1) is 13.3. The molecule has 3 aromatic rings. The number of nitrogens with zero attached hydrogens (tertiary/aromatic N) is 4. The molecule has 21 heavy (non-hydrogen) atoms. The molecule has 1 unspecified atom stereocenters. The van der Waals surface area contributed by atoms with E-state index in [0.717, 1.165) is 5.69 Å². The van der Waals surface area contributed by atoms with Gasteiger partial charge in [-0.05, 0) is 18.2 Å². The molecule has 6 nitrogen and oxygen atoms in total. The van der Waals surface area contributed by atoms with Crippen LogP contribution < -0.4 is 5.73 Å². The van der Waals surface area contributed by atoms with Crippen molar-refractivity contribution in [1.82, 2.24) is 19.6 Å². The number of Topliss-reactive ketones (excluding diaryl/α,β-unsaturated/α-hetero) is 1. The van der Waals surface area contributed by atoms with Crippen LogP contribution in [-0.4, -0.2) is 25.3 Å². The molecule has 2 N–H and O–H groups in total. The summed E-state index contributed by atoms with van der Waals surface area (Å²) in [6.07, 6.45) is 4.94. The second kappa shape index (κ2) is 5.34. The van der Waals surface area contributed by atoms with Gasteiger partial charge in [0, 0.05) is 18.8 Å². The minimum absolute atomic E-state index is 0.190. The smallest absolute Gasteiger partial charge is 0.202 e. The highest BCUT2D eigenvalue weighted by atomic mass is 16.1. The van der Waals surface area contributed by atoms with Gasteiger partial charge >= 0.3 is 0 Å². The minimum Gasteiger partial charge on any atom is -0.317 e. The molecule has 106 valence electrons. The van der Waals surface area contributed by atoms with E-state index in [2.05, 4.69) is 10.2 Å². The highest BCUT2D eigenvalue weighted by molar-refractivity contribution is 5.99. The molecule has 1 atom stereocenters. The zero-order valence-electron chi connectivity index (χ0n) is 11.5. The third-order valence-electron chi connectivity index (χ3n) is 3.26. The van der Waals surface area contributed by atoms with Crippen LogP contribution in [0.25, 0.3) is 5.69 Å². The molecule has 0 aliphatic carbocycles. The standard InChI is InChI=1S/C15H15N5O/c1-19-10-11(9-18-19)14(16)15(21)13-7-8-17-20(13)12-5-3-2-4-6-12/h2-10,14H,16H2,1H3. The van der Waals surface area contributed by atoms with Gasteiger partial charge in [0.15, 0.2) is 0 Å². The predicted octanol–water partition coefficient (Wildman–Crippen LogP) is 1.49. The number of hydrogen-bond donors (Lipinski definition) is 1. The number of hydrogen-bond acceptors (Lipinski definition) is 4. The summed E-state index contributed by atoms with van der Waals surface area (Å²) in [7, 11) is 1.79. The molecule has 2 heterocycles. The molecular formula is C15H15N5O. The Kier molecular flexibility index (Phi) is 3.37. The number of aryl methyl sites for hydroxylation is 1. The van der Waals surface area contributed by atoms with E-state index in [1.807, 2.05) is 30.3 Å². The van der Waals surface area contributed by atoms with Crippen LogP contribution in [-0.2, 0) is 7.05 Å². The lowest BCUT2D eigenvalue weighted by atomic mass is 10.1. The van der Waals surface area contributed by atoms with E-state index in [-0.39, 0.29) is 5.78 Å². The van der Waals surface area contributed by atoms with Crippen LogP contribution in [0.3, 0.4) is 0 Å². The summed E-state index contributed by atoms with van der Waals surface area (Å²) in [5, 5.41) is 8.25. The molecule has 0 fully saturated rings. The van der Waals surface area contributed by atoms with Crippen molar-refractivity contribution in [1.29, 1.82) is 0 Å². The highest BCUT2D eigenvalue weighted by Crippen LogP contribution is 2.18. The Morgan fingerprint density at radius 2 is 1.95 bits per heavy atom. The van der Waals surface area contributed by atoms with Crippen molar-refractivity contribution in [3.63, 3.8) is 0 Å². The zero-order valence-corrected chi connectivity index (χ0v) is 11.5. The topological polar surface area (TPSA) is 78.7 Å². The Bertz CT molecular complexity index is 759. The number of carbonyl (C=O) groups is 1. The number of para-hydroxylation sites is 1. The first-order chi connectivity index (χ1) is 10.2. The van der Waals surface area contributed by atoms with Crippen molar-refractivity contribution in [2.24, 2.45) is 12.8 Å². The van der Waals surface area contributed by atoms with Crippen molar-refractivity contribution in [3.8, 4) is 5.69 Å². The summed E-state index contributed by atoms with van der Waals surface area (Å²) in [4.78, 5) is 12.6. The highest BCUT2D eigenvalue weighted by Gasteiger charge is 2.22. The maximum absolute atomic E-state index is 12.6. The van der Waals surface area contributed by atoms with E-state index in [1.54, 1.807) is 41.1 Å². The van der Waals surface area contributed by atoms with Crippen molar-refractivity contribution < 1.29 is 4.79 Å². The molecule has 0 spiro atoms. The number of ketones is 1. The van der Waals surface area contributed by atoms with Crippen LogP contribution in [0.5, 0.6) is 0 Å². The van der Waals surface area contributed by atoms with Gasteiger partial charge in [-0.2, -0.15) is 10.2 Å². The van der Waals surface area contributed by atoms with Crippen molar-refractivity contribution in [3.05, 3.63) is 66.2 Å². The molecule has 0 saturated carbocycles. The Morgan fingerprint density at radius 1 is 1.19 bits per heavy atom. The monoisotopic (exact) mass is 281 g/mol. The van der Waals surface area contributed by atoms with Gasteiger partial charge in [-0.1, -0.05) is 18.2 Å². The van der Waals surface area contributed by atoms with Crippen LogP contribution in [0.15, 0.2) is 55.0 Å². The van der Waals surface area contributed by atoms with Gasteiger partial charge in [0.05, 0.1) is 24.1 Å².